The van der Waals surface area contributed by atoms with Crippen LogP contribution in [-0.4, -0.2) is 30.3 Å². The van der Waals surface area contributed by atoms with E-state index in [0.29, 0.717) is 10.2 Å². The molecule has 1 aliphatic heterocycles. The molecule has 0 fully saturated rings. The maximum atomic E-state index is 13.3. The fraction of sp³-hybridized carbons (Fsp3) is 0. The molecule has 2 aromatic heterocycles. The molecule has 0 amide bonds. The number of sulfonamides is 1. The molecule has 5 rings (SSSR count). The number of nitrogens with zero attached hydrogens (tertiary/aromatic N) is 3. The molecule has 0 unspecified atom stereocenters. The summed E-state index contributed by atoms with van der Waals surface area (Å²) in [4.78, 5) is 13.3. The SMILES string of the molecule is O=c1c(C2=NS(=O)(=O)c3ccccc3N2)c(O)c2sccc2n1N=Cc1ccccc1. The summed E-state index contributed by atoms with van der Waals surface area (Å²) >= 11 is 1.21. The number of pyridine rings is 1. The molecule has 31 heavy (non-hydrogen) atoms. The molecule has 0 saturated carbocycles. The number of anilines is 1. The van der Waals surface area contributed by atoms with Crippen LogP contribution in [0, 0.1) is 0 Å². The van der Waals surface area contributed by atoms with E-state index >= 15 is 0 Å². The fourth-order valence-electron chi connectivity index (χ4n) is 3.29. The van der Waals surface area contributed by atoms with E-state index in [2.05, 4.69) is 14.8 Å². The number of rotatable bonds is 3. The molecule has 0 radical (unpaired) electrons. The molecule has 3 heterocycles. The van der Waals surface area contributed by atoms with Crippen LogP contribution in [0.4, 0.5) is 5.69 Å². The van der Waals surface area contributed by atoms with Crippen LogP contribution >= 0.6 is 11.3 Å². The number of amidine groups is 1. The second-order valence-corrected chi connectivity index (χ2v) is 9.16. The average molecular weight is 451 g/mol. The Morgan fingerprint density at radius 1 is 1.06 bits per heavy atom. The summed E-state index contributed by atoms with van der Waals surface area (Å²) in [6, 6.07) is 17.1. The molecule has 4 aromatic rings. The Hall–Kier alpha value is -3.76. The normalized spacial score (nSPS) is 14.9. The van der Waals surface area contributed by atoms with Gasteiger partial charge in [-0.15, -0.1) is 15.7 Å². The van der Waals surface area contributed by atoms with Gasteiger partial charge >= 0.3 is 0 Å². The zero-order chi connectivity index (χ0) is 21.6. The third-order valence-corrected chi connectivity index (χ3v) is 6.96. The first kappa shape index (κ1) is 19.2. The first-order valence-corrected chi connectivity index (χ1v) is 11.4. The van der Waals surface area contributed by atoms with E-state index in [0.717, 1.165) is 10.2 Å². The van der Waals surface area contributed by atoms with Crippen LogP contribution in [0.25, 0.3) is 10.2 Å². The molecule has 0 saturated heterocycles. The number of hydrogen-bond donors (Lipinski definition) is 2. The van der Waals surface area contributed by atoms with Gasteiger partial charge in [0.15, 0.2) is 11.6 Å². The van der Waals surface area contributed by atoms with Crippen molar-refractivity contribution in [2.45, 2.75) is 4.90 Å². The number of thiophene rings is 1. The van der Waals surface area contributed by atoms with E-state index in [1.54, 1.807) is 29.6 Å². The van der Waals surface area contributed by atoms with Gasteiger partial charge in [0.2, 0.25) is 0 Å². The van der Waals surface area contributed by atoms with E-state index in [9.17, 15) is 18.3 Å². The van der Waals surface area contributed by atoms with Gasteiger partial charge in [-0.25, -0.2) is 0 Å². The third kappa shape index (κ3) is 3.22. The fourth-order valence-corrected chi connectivity index (χ4v) is 5.24. The van der Waals surface area contributed by atoms with Gasteiger partial charge in [-0.05, 0) is 29.1 Å². The molecular formula is C21H14N4O4S2. The Balaban J connectivity index is 1.73. The summed E-state index contributed by atoms with van der Waals surface area (Å²) in [6.45, 7) is 0. The molecule has 1 aliphatic rings. The maximum Gasteiger partial charge on any atom is 0.286 e. The van der Waals surface area contributed by atoms with Gasteiger partial charge in [-0.3, -0.25) is 4.79 Å². The molecule has 0 aliphatic carbocycles. The number of benzene rings is 2. The van der Waals surface area contributed by atoms with Gasteiger partial charge in [0.1, 0.15) is 10.5 Å². The van der Waals surface area contributed by atoms with Crippen molar-refractivity contribution in [1.29, 1.82) is 0 Å². The van der Waals surface area contributed by atoms with Crippen LogP contribution in [0.5, 0.6) is 5.75 Å². The highest BCUT2D eigenvalue weighted by molar-refractivity contribution is 7.90. The molecule has 0 bridgehead atoms. The predicted molar refractivity (Wildman–Crippen MR) is 121 cm³/mol. The number of para-hydroxylation sites is 1. The Morgan fingerprint density at radius 2 is 1.81 bits per heavy atom. The molecular weight excluding hydrogens is 436 g/mol. The van der Waals surface area contributed by atoms with Gasteiger partial charge in [0, 0.05) is 0 Å². The lowest BCUT2D eigenvalue weighted by molar-refractivity contribution is 0.479. The Bertz CT molecular complexity index is 1550. The van der Waals surface area contributed by atoms with Crippen LogP contribution in [0.2, 0.25) is 0 Å². The second-order valence-electron chi connectivity index (χ2n) is 6.67. The zero-order valence-corrected chi connectivity index (χ0v) is 17.4. The van der Waals surface area contributed by atoms with Crippen LogP contribution in [0.1, 0.15) is 11.1 Å². The number of fused-ring (bicyclic) bond motifs is 2. The minimum atomic E-state index is -4.05. The summed E-state index contributed by atoms with van der Waals surface area (Å²) in [6.07, 6.45) is 1.52. The Labute approximate surface area is 180 Å². The standard InChI is InChI=1S/C21H14N4O4S2/c26-18-17(20-23-14-8-4-5-9-16(14)31(28,29)24-20)21(27)25(15-10-11-30-19(15)18)22-12-13-6-2-1-3-7-13/h1-12,26H,(H,23,24). The molecule has 0 atom stereocenters. The van der Waals surface area contributed by atoms with Gasteiger partial charge in [0.05, 0.1) is 22.1 Å². The smallest absolute Gasteiger partial charge is 0.286 e. The molecule has 8 nitrogen and oxygen atoms in total. The lowest BCUT2D eigenvalue weighted by Crippen LogP contribution is -2.31. The van der Waals surface area contributed by atoms with E-state index in [1.807, 2.05) is 30.3 Å². The van der Waals surface area contributed by atoms with E-state index in [1.165, 1.54) is 23.6 Å². The van der Waals surface area contributed by atoms with E-state index in [4.69, 9.17) is 0 Å². The first-order chi connectivity index (χ1) is 15.0. The highest BCUT2D eigenvalue weighted by Gasteiger charge is 2.29. The van der Waals surface area contributed by atoms with Gasteiger partial charge in [0.25, 0.3) is 15.6 Å². The molecule has 154 valence electrons. The average Bonchev–Trinajstić information content (AvgIpc) is 3.24. The summed E-state index contributed by atoms with van der Waals surface area (Å²) in [7, 11) is -4.05. The third-order valence-electron chi connectivity index (χ3n) is 4.72. The minimum Gasteiger partial charge on any atom is -0.505 e. The largest absolute Gasteiger partial charge is 0.505 e. The van der Waals surface area contributed by atoms with Crippen molar-refractivity contribution in [3.05, 3.63) is 87.5 Å². The molecule has 2 aromatic carbocycles. The Kier molecular flexibility index (Phi) is 4.45. The van der Waals surface area contributed by atoms with Crippen molar-refractivity contribution in [1.82, 2.24) is 4.68 Å². The molecule has 2 N–H and O–H groups in total. The number of aromatic nitrogens is 1. The van der Waals surface area contributed by atoms with Crippen LogP contribution in [-0.2, 0) is 10.0 Å². The summed E-state index contributed by atoms with van der Waals surface area (Å²) < 4.78 is 30.6. The molecule has 10 heteroatoms. The summed E-state index contributed by atoms with van der Waals surface area (Å²) in [5.74, 6) is -0.595. The van der Waals surface area contributed by atoms with Gasteiger partial charge in [-0.1, -0.05) is 42.5 Å². The molecule has 0 spiro atoms. The van der Waals surface area contributed by atoms with Crippen molar-refractivity contribution in [2.75, 3.05) is 5.32 Å². The maximum absolute atomic E-state index is 13.3. The van der Waals surface area contributed by atoms with Crippen LogP contribution in [0.3, 0.4) is 0 Å². The predicted octanol–water partition coefficient (Wildman–Crippen LogP) is 3.21. The van der Waals surface area contributed by atoms with Crippen LogP contribution in [0.15, 0.2) is 85.2 Å². The lowest BCUT2D eigenvalue weighted by atomic mass is 10.2. The highest BCUT2D eigenvalue weighted by atomic mass is 32.2. The number of hydrogen-bond acceptors (Lipinski definition) is 7. The summed E-state index contributed by atoms with van der Waals surface area (Å²) in [5.41, 5.74) is 0.492. The number of aromatic hydroxyl groups is 1. The van der Waals surface area contributed by atoms with Crippen molar-refractivity contribution < 1.29 is 13.5 Å². The monoisotopic (exact) mass is 450 g/mol. The van der Waals surface area contributed by atoms with Crippen molar-refractivity contribution >= 4 is 49.3 Å². The number of nitrogens with one attached hydrogen (secondary N) is 1. The second kappa shape index (κ2) is 7.18. The van der Waals surface area contributed by atoms with Crippen molar-refractivity contribution in [2.24, 2.45) is 9.50 Å². The quantitative estimate of drug-likeness (QED) is 0.466. The Morgan fingerprint density at radius 3 is 2.61 bits per heavy atom. The van der Waals surface area contributed by atoms with Gasteiger partial charge in [-0.2, -0.15) is 18.2 Å². The van der Waals surface area contributed by atoms with E-state index < -0.39 is 15.6 Å². The topological polar surface area (TPSA) is 113 Å². The highest BCUT2D eigenvalue weighted by Crippen LogP contribution is 2.34. The van der Waals surface area contributed by atoms with Crippen LogP contribution < -0.4 is 10.9 Å². The van der Waals surface area contributed by atoms with Crippen molar-refractivity contribution in [3.63, 3.8) is 0 Å². The zero-order valence-electron chi connectivity index (χ0n) is 15.8. The lowest BCUT2D eigenvalue weighted by Gasteiger charge is -2.19. The van der Waals surface area contributed by atoms with E-state index in [-0.39, 0.29) is 27.7 Å². The van der Waals surface area contributed by atoms with Crippen molar-refractivity contribution in [3.8, 4) is 5.75 Å². The summed E-state index contributed by atoms with van der Waals surface area (Å²) in [5, 5.41) is 19.7. The first-order valence-electron chi connectivity index (χ1n) is 9.12. The minimum absolute atomic E-state index is 0.00198. The van der Waals surface area contributed by atoms with Gasteiger partial charge < -0.3 is 10.4 Å².